The second-order valence-corrected chi connectivity index (χ2v) is 8.63. The summed E-state index contributed by atoms with van der Waals surface area (Å²) in [5.74, 6) is 0.738. The van der Waals surface area contributed by atoms with Crippen LogP contribution in [0.5, 0.6) is 0 Å². The lowest BCUT2D eigenvalue weighted by Gasteiger charge is -2.31. The molecule has 154 valence electrons. The number of hydrogen-bond acceptors (Lipinski definition) is 6. The van der Waals surface area contributed by atoms with Gasteiger partial charge in [-0.3, -0.25) is 9.59 Å². The molecule has 2 amide bonds. The van der Waals surface area contributed by atoms with Gasteiger partial charge in [-0.25, -0.2) is 4.98 Å². The summed E-state index contributed by atoms with van der Waals surface area (Å²) in [6.07, 6.45) is 3.81. The first-order chi connectivity index (χ1) is 14.0. The van der Waals surface area contributed by atoms with Gasteiger partial charge in [-0.2, -0.15) is 0 Å². The first-order valence-corrected chi connectivity index (χ1v) is 10.5. The number of pyridine rings is 1. The van der Waals surface area contributed by atoms with Crippen LogP contribution in [0.25, 0.3) is 11.0 Å². The largest absolute Gasteiger partial charge is 0.449 e. The van der Waals surface area contributed by atoms with Crippen molar-refractivity contribution in [2.45, 2.75) is 18.9 Å². The van der Waals surface area contributed by atoms with Gasteiger partial charge in [0.15, 0.2) is 11.3 Å². The van der Waals surface area contributed by atoms with E-state index in [2.05, 4.69) is 27.1 Å². The van der Waals surface area contributed by atoms with Crippen molar-refractivity contribution in [3.05, 3.63) is 29.8 Å². The smallest absolute Gasteiger partial charge is 0.289 e. The van der Waals surface area contributed by atoms with E-state index in [4.69, 9.17) is 4.42 Å². The zero-order chi connectivity index (χ0) is 20.0. The third-order valence-corrected chi connectivity index (χ3v) is 6.44. The number of piperidine rings is 1. The molecule has 3 aliphatic heterocycles. The number of likely N-dealkylation sites (N-methyl/N-ethyl adjacent to an activating group) is 1. The molecule has 29 heavy (non-hydrogen) atoms. The maximum Gasteiger partial charge on any atom is 0.289 e. The number of furan rings is 1. The number of fused-ring (bicyclic) bond motifs is 3. The van der Waals surface area contributed by atoms with Gasteiger partial charge in [-0.1, -0.05) is 0 Å². The van der Waals surface area contributed by atoms with Crippen molar-refractivity contribution in [2.75, 3.05) is 52.9 Å². The Bertz CT molecular complexity index is 922. The third-order valence-electron chi connectivity index (χ3n) is 6.44. The molecule has 3 aliphatic rings. The summed E-state index contributed by atoms with van der Waals surface area (Å²) >= 11 is 0. The van der Waals surface area contributed by atoms with E-state index in [-0.39, 0.29) is 17.9 Å². The minimum atomic E-state index is -0.160. The van der Waals surface area contributed by atoms with Gasteiger partial charge >= 0.3 is 0 Å². The Morgan fingerprint density at radius 2 is 1.97 bits per heavy atom. The Morgan fingerprint density at radius 3 is 2.76 bits per heavy atom. The maximum atomic E-state index is 12.7. The molecular weight excluding hydrogens is 370 g/mol. The molecule has 3 saturated heterocycles. The fourth-order valence-electron chi connectivity index (χ4n) is 4.76. The molecule has 1 N–H and O–H groups in total. The number of nitrogens with zero attached hydrogens (tertiary/aromatic N) is 4. The summed E-state index contributed by atoms with van der Waals surface area (Å²) < 4.78 is 5.73. The van der Waals surface area contributed by atoms with E-state index in [1.165, 1.54) is 6.42 Å². The monoisotopic (exact) mass is 397 g/mol. The normalized spacial score (nSPS) is 27.3. The van der Waals surface area contributed by atoms with Crippen LogP contribution in [0.1, 0.15) is 33.9 Å². The average molecular weight is 397 g/mol. The molecule has 0 aliphatic carbocycles. The van der Waals surface area contributed by atoms with E-state index < -0.39 is 0 Å². The van der Waals surface area contributed by atoms with Crippen LogP contribution in [0, 0.1) is 5.92 Å². The SMILES string of the molecule is CN1CCN(C(=O)c2cc3cc(C(=O)N[C@@H]4C[C@H]5CCN(C5)C4)ncc3o2)CC1. The summed E-state index contributed by atoms with van der Waals surface area (Å²) in [5.41, 5.74) is 0.894. The molecule has 0 spiro atoms. The first kappa shape index (κ1) is 18.6. The number of piperazine rings is 1. The zero-order valence-electron chi connectivity index (χ0n) is 16.8. The summed E-state index contributed by atoms with van der Waals surface area (Å²) in [5, 5.41) is 3.86. The van der Waals surface area contributed by atoms with E-state index in [1.54, 1.807) is 18.3 Å². The zero-order valence-corrected chi connectivity index (χ0v) is 16.8. The molecule has 8 heteroatoms. The van der Waals surface area contributed by atoms with Gasteiger partial charge < -0.3 is 24.4 Å². The Morgan fingerprint density at radius 1 is 1.14 bits per heavy atom. The molecule has 0 radical (unpaired) electrons. The van der Waals surface area contributed by atoms with Crippen LogP contribution in [0.2, 0.25) is 0 Å². The van der Waals surface area contributed by atoms with Crippen LogP contribution in [0.4, 0.5) is 0 Å². The second kappa shape index (κ2) is 7.42. The van der Waals surface area contributed by atoms with Gasteiger partial charge in [-0.15, -0.1) is 0 Å². The second-order valence-electron chi connectivity index (χ2n) is 8.63. The Labute approximate surface area is 169 Å². The number of carbonyl (C=O) groups is 2. The number of nitrogens with one attached hydrogen (secondary N) is 1. The van der Waals surface area contributed by atoms with Gasteiger partial charge in [0.05, 0.1) is 6.20 Å². The predicted molar refractivity (Wildman–Crippen MR) is 108 cm³/mol. The van der Waals surface area contributed by atoms with Crippen molar-refractivity contribution in [2.24, 2.45) is 5.92 Å². The van der Waals surface area contributed by atoms with Gasteiger partial charge in [0.25, 0.3) is 11.8 Å². The summed E-state index contributed by atoms with van der Waals surface area (Å²) in [6.45, 7) is 6.32. The molecule has 0 aromatic carbocycles. The number of rotatable bonds is 3. The molecule has 1 unspecified atom stereocenters. The molecule has 3 atom stereocenters. The minimum Gasteiger partial charge on any atom is -0.449 e. The van der Waals surface area contributed by atoms with E-state index >= 15 is 0 Å². The van der Waals surface area contributed by atoms with E-state index in [0.717, 1.165) is 44.5 Å². The van der Waals surface area contributed by atoms with Crippen molar-refractivity contribution < 1.29 is 14.0 Å². The lowest BCUT2D eigenvalue weighted by Crippen LogP contribution is -2.47. The highest BCUT2D eigenvalue weighted by Gasteiger charge is 2.33. The molecule has 3 fully saturated rings. The summed E-state index contributed by atoms with van der Waals surface area (Å²) in [7, 11) is 2.05. The highest BCUT2D eigenvalue weighted by Crippen LogP contribution is 2.27. The van der Waals surface area contributed by atoms with Crippen molar-refractivity contribution >= 4 is 22.8 Å². The Hall–Kier alpha value is -2.45. The van der Waals surface area contributed by atoms with Crippen LogP contribution < -0.4 is 5.32 Å². The van der Waals surface area contributed by atoms with Crippen LogP contribution >= 0.6 is 0 Å². The van der Waals surface area contributed by atoms with Crippen molar-refractivity contribution in [1.29, 1.82) is 0 Å². The molecule has 2 bridgehead atoms. The summed E-state index contributed by atoms with van der Waals surface area (Å²) in [6, 6.07) is 3.62. The van der Waals surface area contributed by atoms with Gasteiger partial charge in [0.2, 0.25) is 0 Å². The molecule has 2 aromatic heterocycles. The molecular formula is C21H27N5O3. The van der Waals surface area contributed by atoms with Crippen molar-refractivity contribution in [3.63, 3.8) is 0 Å². The number of hydrogen-bond donors (Lipinski definition) is 1. The maximum absolute atomic E-state index is 12.7. The van der Waals surface area contributed by atoms with Crippen LogP contribution in [0.3, 0.4) is 0 Å². The molecule has 8 nitrogen and oxygen atoms in total. The van der Waals surface area contributed by atoms with Crippen LogP contribution in [0.15, 0.2) is 22.7 Å². The Kier molecular flexibility index (Phi) is 4.75. The molecule has 2 aromatic rings. The minimum absolute atomic E-state index is 0.105. The average Bonchev–Trinajstić information content (AvgIpc) is 3.30. The fraction of sp³-hybridized carbons (Fsp3) is 0.571. The van der Waals surface area contributed by atoms with Crippen molar-refractivity contribution in [3.8, 4) is 0 Å². The summed E-state index contributed by atoms with van der Waals surface area (Å²) in [4.78, 5) is 36.1. The quantitative estimate of drug-likeness (QED) is 0.834. The molecule has 0 saturated carbocycles. The van der Waals surface area contributed by atoms with Gasteiger partial charge in [0, 0.05) is 50.7 Å². The van der Waals surface area contributed by atoms with Crippen LogP contribution in [-0.4, -0.2) is 90.4 Å². The lowest BCUT2D eigenvalue weighted by molar-refractivity contribution is 0.0634. The molecule has 5 rings (SSSR count). The highest BCUT2D eigenvalue weighted by molar-refractivity contribution is 5.99. The highest BCUT2D eigenvalue weighted by atomic mass is 16.3. The Balaban J connectivity index is 1.29. The number of carbonyl (C=O) groups excluding carboxylic acids is 2. The lowest BCUT2D eigenvalue weighted by atomic mass is 9.97. The van der Waals surface area contributed by atoms with Crippen LogP contribution in [-0.2, 0) is 0 Å². The first-order valence-electron chi connectivity index (χ1n) is 10.5. The van der Waals surface area contributed by atoms with E-state index in [1.807, 2.05) is 4.90 Å². The fourth-order valence-corrected chi connectivity index (χ4v) is 4.76. The van der Waals surface area contributed by atoms with Gasteiger partial charge in [-0.05, 0) is 44.5 Å². The van der Waals surface area contributed by atoms with E-state index in [9.17, 15) is 9.59 Å². The standard InChI is InChI=1S/C21H27N5O3/c1-24-4-6-26(7-5-24)21(28)18-10-15-9-17(22-11-19(15)29-18)20(27)23-16-8-14-2-3-25(12-14)13-16/h9-11,14,16H,2-8,12-13H2,1H3,(H,23,27)/t14-,16-/m1/s1. The predicted octanol–water partition coefficient (Wildman–Crippen LogP) is 1.04. The van der Waals surface area contributed by atoms with Gasteiger partial charge in [0.1, 0.15) is 5.69 Å². The third kappa shape index (κ3) is 3.74. The number of aromatic nitrogens is 1. The van der Waals surface area contributed by atoms with E-state index in [0.29, 0.717) is 36.0 Å². The number of amides is 2. The van der Waals surface area contributed by atoms with Crippen molar-refractivity contribution in [1.82, 2.24) is 25.0 Å². The molecule has 5 heterocycles. The topological polar surface area (TPSA) is 81.9 Å².